The molecule has 2 N–H and O–H groups in total. The van der Waals surface area contributed by atoms with Crippen molar-refractivity contribution in [3.8, 4) is 6.07 Å². The van der Waals surface area contributed by atoms with Crippen molar-refractivity contribution in [3.63, 3.8) is 0 Å². The maximum atomic E-state index is 13.9. The van der Waals surface area contributed by atoms with Crippen LogP contribution in [0, 0.1) is 23.0 Å². The summed E-state index contributed by atoms with van der Waals surface area (Å²) in [5.41, 5.74) is 0.441. The van der Waals surface area contributed by atoms with Crippen molar-refractivity contribution < 1.29 is 18.4 Å². The van der Waals surface area contributed by atoms with Crippen LogP contribution < -0.4 is 10.6 Å². The fourth-order valence-corrected chi connectivity index (χ4v) is 2.59. The number of aromatic nitrogens is 2. The van der Waals surface area contributed by atoms with E-state index < -0.39 is 29.6 Å². The lowest BCUT2D eigenvalue weighted by molar-refractivity contribution is -0.122. The highest BCUT2D eigenvalue weighted by molar-refractivity contribution is 5.94. The quantitative estimate of drug-likeness (QED) is 0.851. The second kappa shape index (κ2) is 7.33. The van der Waals surface area contributed by atoms with Crippen LogP contribution in [0.1, 0.15) is 29.9 Å². The Bertz CT molecular complexity index is 942. The molecule has 8 nitrogen and oxygen atoms in total. The Morgan fingerprint density at radius 2 is 2.11 bits per heavy atom. The van der Waals surface area contributed by atoms with Crippen molar-refractivity contribution in [1.82, 2.24) is 20.2 Å². The first-order chi connectivity index (χ1) is 12.9. The number of rotatable bonds is 4. The molecule has 1 aromatic carbocycles. The van der Waals surface area contributed by atoms with Crippen molar-refractivity contribution in [2.24, 2.45) is 0 Å². The molecule has 0 bridgehead atoms. The van der Waals surface area contributed by atoms with Gasteiger partial charge in [0.15, 0.2) is 11.6 Å². The van der Waals surface area contributed by atoms with Crippen LogP contribution in [0.25, 0.3) is 0 Å². The standard InChI is InChI=1S/C17H14F2N6O2/c1-9(16-21-5-10(4-20)6-22-16)23-14(26)8-25-7-11-13(24-17(25)27)3-2-12(18)15(11)19/h2-3,5-6,9H,7-8H2,1H3,(H,23,26)(H,24,27)/t9-/m1/s1. The third kappa shape index (κ3) is 3.82. The van der Waals surface area contributed by atoms with Gasteiger partial charge in [-0.15, -0.1) is 0 Å². The Kier molecular flexibility index (Phi) is 4.94. The highest BCUT2D eigenvalue weighted by Crippen LogP contribution is 2.27. The van der Waals surface area contributed by atoms with E-state index >= 15 is 0 Å². The van der Waals surface area contributed by atoms with Gasteiger partial charge < -0.3 is 15.5 Å². The van der Waals surface area contributed by atoms with Crippen LogP contribution in [0.3, 0.4) is 0 Å². The summed E-state index contributed by atoms with van der Waals surface area (Å²) < 4.78 is 27.3. The maximum Gasteiger partial charge on any atom is 0.322 e. The minimum Gasteiger partial charge on any atom is -0.345 e. The molecule has 0 saturated carbocycles. The van der Waals surface area contributed by atoms with Gasteiger partial charge in [-0.3, -0.25) is 4.79 Å². The topological polar surface area (TPSA) is 111 Å². The van der Waals surface area contributed by atoms with Gasteiger partial charge in [0.2, 0.25) is 5.91 Å². The van der Waals surface area contributed by atoms with Crippen LogP contribution in [0.4, 0.5) is 19.3 Å². The molecule has 1 aliphatic rings. The second-order valence-electron chi connectivity index (χ2n) is 5.90. The molecule has 1 aromatic heterocycles. The number of anilines is 1. The Morgan fingerprint density at radius 1 is 1.41 bits per heavy atom. The number of carbonyl (C=O) groups is 2. The van der Waals surface area contributed by atoms with Crippen molar-refractivity contribution in [2.45, 2.75) is 19.5 Å². The van der Waals surface area contributed by atoms with E-state index in [0.717, 1.165) is 11.0 Å². The zero-order valence-electron chi connectivity index (χ0n) is 14.2. The molecule has 2 heterocycles. The zero-order valence-corrected chi connectivity index (χ0v) is 14.2. The molecule has 27 heavy (non-hydrogen) atoms. The number of urea groups is 1. The molecular formula is C17H14F2N6O2. The number of hydrogen-bond acceptors (Lipinski definition) is 5. The van der Waals surface area contributed by atoms with Crippen molar-refractivity contribution in [3.05, 3.63) is 53.1 Å². The van der Waals surface area contributed by atoms with Crippen LogP contribution in [0.15, 0.2) is 24.5 Å². The number of benzene rings is 1. The molecule has 3 rings (SSSR count). The molecule has 10 heteroatoms. The molecule has 0 radical (unpaired) electrons. The first-order valence-corrected chi connectivity index (χ1v) is 7.93. The molecular weight excluding hydrogens is 358 g/mol. The van der Waals surface area contributed by atoms with Crippen molar-refractivity contribution in [1.29, 1.82) is 5.26 Å². The third-order valence-electron chi connectivity index (χ3n) is 3.97. The first-order valence-electron chi connectivity index (χ1n) is 7.93. The predicted molar refractivity (Wildman–Crippen MR) is 89.1 cm³/mol. The Balaban J connectivity index is 1.66. The molecule has 1 atom stereocenters. The van der Waals surface area contributed by atoms with Crippen LogP contribution in [-0.4, -0.2) is 33.4 Å². The molecule has 0 saturated heterocycles. The molecule has 0 aliphatic carbocycles. The fourth-order valence-electron chi connectivity index (χ4n) is 2.59. The summed E-state index contributed by atoms with van der Waals surface area (Å²) >= 11 is 0. The lowest BCUT2D eigenvalue weighted by atomic mass is 10.1. The van der Waals surface area contributed by atoms with Crippen LogP contribution in [-0.2, 0) is 11.3 Å². The number of hydrogen-bond donors (Lipinski definition) is 2. The normalized spacial score (nSPS) is 14.0. The number of nitrogens with zero attached hydrogens (tertiary/aromatic N) is 4. The summed E-state index contributed by atoms with van der Waals surface area (Å²) in [6.07, 6.45) is 2.66. The molecule has 0 spiro atoms. The molecule has 3 amide bonds. The Hall–Kier alpha value is -3.61. The van der Waals surface area contributed by atoms with E-state index in [1.807, 2.05) is 6.07 Å². The molecule has 1 aliphatic heterocycles. The van der Waals surface area contributed by atoms with E-state index in [-0.39, 0.29) is 29.9 Å². The second-order valence-corrected chi connectivity index (χ2v) is 5.90. The van der Waals surface area contributed by atoms with E-state index in [4.69, 9.17) is 5.26 Å². The third-order valence-corrected chi connectivity index (χ3v) is 3.97. The highest BCUT2D eigenvalue weighted by atomic mass is 19.2. The van der Waals surface area contributed by atoms with Gasteiger partial charge in [0.25, 0.3) is 0 Å². The number of amides is 3. The average Bonchev–Trinajstić information content (AvgIpc) is 2.66. The van der Waals surface area contributed by atoms with Gasteiger partial charge in [0, 0.05) is 18.0 Å². The van der Waals surface area contributed by atoms with Gasteiger partial charge in [-0.25, -0.2) is 23.5 Å². The molecule has 2 aromatic rings. The fraction of sp³-hybridized carbons (Fsp3) is 0.235. The highest BCUT2D eigenvalue weighted by Gasteiger charge is 2.28. The summed E-state index contributed by atoms with van der Waals surface area (Å²) in [5.74, 6) is -2.31. The summed E-state index contributed by atoms with van der Waals surface area (Å²) in [7, 11) is 0. The van der Waals surface area contributed by atoms with Crippen molar-refractivity contribution in [2.75, 3.05) is 11.9 Å². The summed E-state index contributed by atoms with van der Waals surface area (Å²) in [4.78, 5) is 33.3. The Morgan fingerprint density at radius 3 is 2.78 bits per heavy atom. The lowest BCUT2D eigenvalue weighted by Crippen LogP contribution is -2.45. The molecule has 0 unspecified atom stereocenters. The van der Waals surface area contributed by atoms with Crippen LogP contribution in [0.2, 0.25) is 0 Å². The number of fused-ring (bicyclic) bond motifs is 1. The predicted octanol–water partition coefficient (Wildman–Crippen LogP) is 1.85. The van der Waals surface area contributed by atoms with Crippen LogP contribution >= 0.6 is 0 Å². The smallest absolute Gasteiger partial charge is 0.322 e. The largest absolute Gasteiger partial charge is 0.345 e. The minimum absolute atomic E-state index is 0.0223. The van der Waals surface area contributed by atoms with E-state index in [1.54, 1.807) is 6.92 Å². The summed E-state index contributed by atoms with van der Waals surface area (Å²) in [6.45, 7) is 1.04. The van der Waals surface area contributed by atoms with Gasteiger partial charge in [0.1, 0.15) is 18.4 Å². The Labute approximate surface area is 152 Å². The maximum absolute atomic E-state index is 13.9. The number of nitriles is 1. The van der Waals surface area contributed by atoms with E-state index in [9.17, 15) is 18.4 Å². The monoisotopic (exact) mass is 372 g/mol. The number of carbonyl (C=O) groups excluding carboxylic acids is 2. The summed E-state index contributed by atoms with van der Waals surface area (Å²) in [6, 6.07) is 2.93. The molecule has 0 fully saturated rings. The van der Waals surface area contributed by atoms with Gasteiger partial charge in [0.05, 0.1) is 23.8 Å². The van der Waals surface area contributed by atoms with Gasteiger partial charge in [-0.05, 0) is 19.1 Å². The van der Waals surface area contributed by atoms with Gasteiger partial charge in [-0.2, -0.15) is 5.26 Å². The lowest BCUT2D eigenvalue weighted by Gasteiger charge is -2.29. The number of halogens is 2. The molecule has 138 valence electrons. The van der Waals surface area contributed by atoms with E-state index in [0.29, 0.717) is 5.82 Å². The van der Waals surface area contributed by atoms with Crippen molar-refractivity contribution >= 4 is 17.6 Å². The summed E-state index contributed by atoms with van der Waals surface area (Å²) in [5, 5.41) is 13.8. The van der Waals surface area contributed by atoms with E-state index in [1.165, 1.54) is 18.5 Å². The van der Waals surface area contributed by atoms with E-state index in [2.05, 4.69) is 20.6 Å². The van der Waals surface area contributed by atoms with Crippen LogP contribution in [0.5, 0.6) is 0 Å². The van der Waals surface area contributed by atoms with Gasteiger partial charge in [-0.1, -0.05) is 0 Å². The first kappa shape index (κ1) is 18.2. The van der Waals surface area contributed by atoms with Gasteiger partial charge >= 0.3 is 6.03 Å². The number of nitrogens with one attached hydrogen (secondary N) is 2. The minimum atomic E-state index is -1.06. The SMILES string of the molecule is C[C@@H](NC(=O)CN1Cc2c(ccc(F)c2F)NC1=O)c1ncc(C#N)cn1. The average molecular weight is 372 g/mol. The zero-order chi connectivity index (χ0) is 19.6.